The maximum Gasteiger partial charge on any atom is 0.233 e. The first-order chi connectivity index (χ1) is 9.04. The van der Waals surface area contributed by atoms with E-state index in [1.54, 1.807) is 0 Å². The number of hydrogen-bond donors (Lipinski definition) is 2. The van der Waals surface area contributed by atoms with Crippen molar-refractivity contribution in [2.45, 2.75) is 37.0 Å². The van der Waals surface area contributed by atoms with Crippen LogP contribution in [-0.2, 0) is 4.79 Å². The summed E-state index contributed by atoms with van der Waals surface area (Å²) in [6, 6.07) is 7.85. The Balaban J connectivity index is 2.43. The van der Waals surface area contributed by atoms with Crippen molar-refractivity contribution < 1.29 is 4.79 Å². The third-order valence-electron chi connectivity index (χ3n) is 2.64. The minimum absolute atomic E-state index is 0.0367. The highest BCUT2D eigenvalue weighted by molar-refractivity contribution is 8.00. The van der Waals surface area contributed by atoms with E-state index in [2.05, 4.69) is 17.6 Å². The predicted molar refractivity (Wildman–Crippen MR) is 82.9 cm³/mol. The van der Waals surface area contributed by atoms with E-state index in [0.717, 1.165) is 11.4 Å². The topological polar surface area (TPSA) is 41.1 Å². The van der Waals surface area contributed by atoms with Crippen molar-refractivity contribution in [3.63, 3.8) is 0 Å². The van der Waals surface area contributed by atoms with Crippen LogP contribution in [0.25, 0.3) is 0 Å². The highest BCUT2D eigenvalue weighted by Gasteiger charge is 2.15. The number of hydrogen-bond acceptors (Lipinski definition) is 3. The summed E-state index contributed by atoms with van der Waals surface area (Å²) in [5.41, 5.74) is 0. The Labute approximate surface area is 124 Å². The van der Waals surface area contributed by atoms with Crippen molar-refractivity contribution in [3.8, 4) is 0 Å². The van der Waals surface area contributed by atoms with Gasteiger partial charge in [0.25, 0.3) is 0 Å². The molecule has 0 bridgehead atoms. The molecule has 0 heterocycles. The van der Waals surface area contributed by atoms with Crippen LogP contribution in [0, 0.1) is 0 Å². The molecule has 0 aromatic heterocycles. The minimum Gasteiger partial charge on any atom is -0.354 e. The van der Waals surface area contributed by atoms with Crippen molar-refractivity contribution in [2.24, 2.45) is 0 Å². The summed E-state index contributed by atoms with van der Waals surface area (Å²) in [6.07, 6.45) is 0. The van der Waals surface area contributed by atoms with Gasteiger partial charge in [-0.25, -0.2) is 0 Å². The lowest BCUT2D eigenvalue weighted by molar-refractivity contribution is -0.120. The van der Waals surface area contributed by atoms with Gasteiger partial charge in [-0.05, 0) is 32.5 Å². The van der Waals surface area contributed by atoms with Gasteiger partial charge in [-0.1, -0.05) is 30.7 Å². The van der Waals surface area contributed by atoms with Crippen LogP contribution in [0.1, 0.15) is 20.8 Å². The number of likely N-dealkylation sites (N-methyl/N-ethyl adjacent to an activating group) is 1. The predicted octanol–water partition coefficient (Wildman–Crippen LogP) is 2.93. The number of amides is 1. The Morgan fingerprint density at radius 3 is 2.68 bits per heavy atom. The largest absolute Gasteiger partial charge is 0.354 e. The van der Waals surface area contributed by atoms with Gasteiger partial charge in [0.05, 0.1) is 10.3 Å². The molecule has 5 heteroatoms. The lowest BCUT2D eigenvalue weighted by atomic mass is 10.3. The molecule has 2 atom stereocenters. The highest BCUT2D eigenvalue weighted by atomic mass is 35.5. The zero-order valence-electron chi connectivity index (χ0n) is 11.6. The smallest absolute Gasteiger partial charge is 0.233 e. The molecule has 0 saturated heterocycles. The molecule has 1 aromatic carbocycles. The summed E-state index contributed by atoms with van der Waals surface area (Å²) in [6.45, 7) is 7.53. The van der Waals surface area contributed by atoms with Crippen LogP contribution in [0.15, 0.2) is 29.2 Å². The van der Waals surface area contributed by atoms with E-state index in [1.807, 2.05) is 38.1 Å². The summed E-state index contributed by atoms with van der Waals surface area (Å²) in [5.74, 6) is 0.0367. The summed E-state index contributed by atoms with van der Waals surface area (Å²) in [7, 11) is 0. The fourth-order valence-corrected chi connectivity index (χ4v) is 2.78. The van der Waals surface area contributed by atoms with Gasteiger partial charge in [0.1, 0.15) is 0 Å². The number of carbonyl (C=O) groups excluding carboxylic acids is 1. The maximum absolute atomic E-state index is 12.0. The maximum atomic E-state index is 12.0. The zero-order chi connectivity index (χ0) is 14.3. The third-order valence-corrected chi connectivity index (χ3v) is 4.26. The molecule has 1 amide bonds. The Kier molecular flexibility index (Phi) is 7.28. The molecule has 1 unspecified atom stereocenters. The second-order valence-corrected chi connectivity index (χ2v) is 6.18. The standard InChI is InChI=1S/C14H21ClN2OS/c1-4-16-10(2)9-17-14(18)11(3)19-13-8-6-5-7-12(13)15/h5-8,10-11,16H,4,9H2,1-3H3,(H,17,18)/t10-,11?/m1/s1. The van der Waals surface area contributed by atoms with Crippen LogP contribution in [0.5, 0.6) is 0 Å². The van der Waals surface area contributed by atoms with Gasteiger partial charge in [0.2, 0.25) is 5.91 Å². The molecule has 0 aliphatic heterocycles. The number of nitrogens with one attached hydrogen (secondary N) is 2. The van der Waals surface area contributed by atoms with Gasteiger partial charge in [0.15, 0.2) is 0 Å². The lowest BCUT2D eigenvalue weighted by Gasteiger charge is -2.16. The van der Waals surface area contributed by atoms with Crippen molar-refractivity contribution in [1.82, 2.24) is 10.6 Å². The van der Waals surface area contributed by atoms with Gasteiger partial charge in [-0.3, -0.25) is 4.79 Å². The van der Waals surface area contributed by atoms with Crippen molar-refractivity contribution in [3.05, 3.63) is 29.3 Å². The van der Waals surface area contributed by atoms with Crippen LogP contribution in [0.4, 0.5) is 0 Å². The Morgan fingerprint density at radius 1 is 1.37 bits per heavy atom. The van der Waals surface area contributed by atoms with Crippen molar-refractivity contribution in [1.29, 1.82) is 0 Å². The lowest BCUT2D eigenvalue weighted by Crippen LogP contribution is -2.41. The second kappa shape index (κ2) is 8.46. The Hall–Kier alpha value is -0.710. The van der Waals surface area contributed by atoms with E-state index in [-0.39, 0.29) is 17.2 Å². The first kappa shape index (κ1) is 16.3. The first-order valence-electron chi connectivity index (χ1n) is 6.46. The quantitative estimate of drug-likeness (QED) is 0.761. The second-order valence-electron chi connectivity index (χ2n) is 4.39. The van der Waals surface area contributed by atoms with Crippen LogP contribution in [-0.4, -0.2) is 30.3 Å². The van der Waals surface area contributed by atoms with Gasteiger partial charge >= 0.3 is 0 Å². The normalized spacial score (nSPS) is 13.9. The molecule has 0 fully saturated rings. The van der Waals surface area contributed by atoms with Crippen LogP contribution < -0.4 is 10.6 Å². The number of thioether (sulfide) groups is 1. The van der Waals surface area contributed by atoms with E-state index < -0.39 is 0 Å². The molecule has 106 valence electrons. The van der Waals surface area contributed by atoms with Crippen LogP contribution in [0.3, 0.4) is 0 Å². The molecule has 3 nitrogen and oxygen atoms in total. The van der Waals surface area contributed by atoms with E-state index in [1.165, 1.54) is 11.8 Å². The molecular formula is C14H21ClN2OS. The summed E-state index contributed by atoms with van der Waals surface area (Å²) >= 11 is 7.56. The van der Waals surface area contributed by atoms with E-state index in [0.29, 0.717) is 11.6 Å². The minimum atomic E-state index is -0.159. The highest BCUT2D eigenvalue weighted by Crippen LogP contribution is 2.29. The molecule has 0 radical (unpaired) electrons. The zero-order valence-corrected chi connectivity index (χ0v) is 13.1. The number of rotatable bonds is 7. The Bertz CT molecular complexity index is 414. The first-order valence-corrected chi connectivity index (χ1v) is 7.72. The van der Waals surface area contributed by atoms with E-state index in [9.17, 15) is 4.79 Å². The molecule has 2 N–H and O–H groups in total. The Morgan fingerprint density at radius 2 is 2.05 bits per heavy atom. The monoisotopic (exact) mass is 300 g/mol. The summed E-state index contributed by atoms with van der Waals surface area (Å²) in [4.78, 5) is 12.9. The molecule has 0 spiro atoms. The molecule has 0 aliphatic carbocycles. The van der Waals surface area contributed by atoms with Gasteiger partial charge in [-0.15, -0.1) is 11.8 Å². The molecular weight excluding hydrogens is 280 g/mol. The summed E-state index contributed by atoms with van der Waals surface area (Å²) in [5, 5.41) is 6.73. The molecule has 1 aromatic rings. The van der Waals surface area contributed by atoms with Crippen LogP contribution >= 0.6 is 23.4 Å². The van der Waals surface area contributed by atoms with E-state index in [4.69, 9.17) is 11.6 Å². The van der Waals surface area contributed by atoms with Gasteiger partial charge in [-0.2, -0.15) is 0 Å². The third kappa shape index (κ3) is 5.85. The number of benzene rings is 1. The van der Waals surface area contributed by atoms with Crippen LogP contribution in [0.2, 0.25) is 5.02 Å². The van der Waals surface area contributed by atoms with Gasteiger partial charge in [0, 0.05) is 17.5 Å². The SMILES string of the molecule is CCN[C@H](C)CNC(=O)C(C)Sc1ccccc1Cl. The number of carbonyl (C=O) groups is 1. The molecule has 0 aliphatic rings. The van der Waals surface area contributed by atoms with E-state index >= 15 is 0 Å². The average Bonchev–Trinajstić information content (AvgIpc) is 2.39. The molecule has 19 heavy (non-hydrogen) atoms. The van der Waals surface area contributed by atoms with Crippen molar-refractivity contribution >= 4 is 29.3 Å². The average molecular weight is 301 g/mol. The van der Waals surface area contributed by atoms with Gasteiger partial charge < -0.3 is 10.6 Å². The fraction of sp³-hybridized carbons (Fsp3) is 0.500. The fourth-order valence-electron chi connectivity index (χ4n) is 1.60. The number of halogens is 1. The summed E-state index contributed by atoms with van der Waals surface area (Å²) < 4.78 is 0. The van der Waals surface area contributed by atoms with Crippen molar-refractivity contribution in [2.75, 3.05) is 13.1 Å². The molecule has 0 saturated carbocycles. The molecule has 1 rings (SSSR count).